The highest BCUT2D eigenvalue weighted by Gasteiger charge is 2.10. The van der Waals surface area contributed by atoms with Crippen molar-refractivity contribution in [2.45, 2.75) is 0 Å². The van der Waals surface area contributed by atoms with E-state index in [1.54, 1.807) is 45.9 Å². The van der Waals surface area contributed by atoms with Crippen molar-refractivity contribution in [3.63, 3.8) is 0 Å². The van der Waals surface area contributed by atoms with Gasteiger partial charge in [-0.2, -0.15) is 5.10 Å². The summed E-state index contributed by atoms with van der Waals surface area (Å²) >= 11 is 0. The largest absolute Gasteiger partial charge is 0.496 e. The summed E-state index contributed by atoms with van der Waals surface area (Å²) in [7, 11) is 4.75. The summed E-state index contributed by atoms with van der Waals surface area (Å²) < 4.78 is 15.8. The lowest BCUT2D eigenvalue weighted by molar-refractivity contribution is 0.349. The van der Waals surface area contributed by atoms with E-state index in [4.69, 9.17) is 14.2 Å². The van der Waals surface area contributed by atoms with Crippen LogP contribution >= 0.6 is 0 Å². The van der Waals surface area contributed by atoms with E-state index in [-0.39, 0.29) is 0 Å². The van der Waals surface area contributed by atoms with Crippen molar-refractivity contribution in [1.29, 1.82) is 0 Å². The lowest BCUT2D eigenvalue weighted by Crippen LogP contribution is -1.98. The van der Waals surface area contributed by atoms with Gasteiger partial charge in [-0.1, -0.05) is 6.07 Å². The Morgan fingerprint density at radius 3 is 2.33 bits per heavy atom. The first kappa shape index (κ1) is 14.6. The van der Waals surface area contributed by atoms with Crippen molar-refractivity contribution >= 4 is 12.0 Å². The molecule has 6 heteroatoms. The number of hydrazone groups is 1. The Hall–Kier alpha value is -2.76. The van der Waals surface area contributed by atoms with Crippen LogP contribution in [0, 0.1) is 0 Å². The van der Waals surface area contributed by atoms with Crippen molar-refractivity contribution in [2.24, 2.45) is 5.10 Å². The Balaban J connectivity index is 2.22. The van der Waals surface area contributed by atoms with Crippen molar-refractivity contribution in [3.05, 3.63) is 42.1 Å². The normalized spacial score (nSPS) is 10.4. The molecule has 0 saturated heterocycles. The molecule has 0 atom stereocenters. The highest BCUT2D eigenvalue weighted by Crippen LogP contribution is 2.33. The van der Waals surface area contributed by atoms with Gasteiger partial charge >= 0.3 is 0 Å². The molecule has 0 saturated carbocycles. The van der Waals surface area contributed by atoms with E-state index in [1.165, 1.54) is 0 Å². The Bertz CT molecular complexity index is 615. The van der Waals surface area contributed by atoms with Gasteiger partial charge in [0.1, 0.15) is 11.6 Å². The van der Waals surface area contributed by atoms with E-state index < -0.39 is 0 Å². The first-order valence-corrected chi connectivity index (χ1v) is 6.28. The summed E-state index contributed by atoms with van der Waals surface area (Å²) in [6.45, 7) is 0. The molecule has 0 aliphatic rings. The predicted molar refractivity (Wildman–Crippen MR) is 81.6 cm³/mol. The van der Waals surface area contributed by atoms with Gasteiger partial charge in [-0.25, -0.2) is 4.98 Å². The Morgan fingerprint density at radius 2 is 1.71 bits per heavy atom. The molecule has 0 bridgehead atoms. The lowest BCUT2D eigenvalue weighted by Gasteiger charge is -2.11. The van der Waals surface area contributed by atoms with Crippen LogP contribution in [0.3, 0.4) is 0 Å². The summed E-state index contributed by atoms with van der Waals surface area (Å²) in [5.74, 6) is 2.51. The van der Waals surface area contributed by atoms with Gasteiger partial charge < -0.3 is 14.2 Å². The predicted octanol–water partition coefficient (Wildman–Crippen LogP) is 2.55. The molecular formula is C15H17N3O3. The van der Waals surface area contributed by atoms with Crippen molar-refractivity contribution < 1.29 is 14.2 Å². The maximum atomic E-state index is 5.32. The summed E-state index contributed by atoms with van der Waals surface area (Å²) in [6.07, 6.45) is 3.32. The summed E-state index contributed by atoms with van der Waals surface area (Å²) in [5.41, 5.74) is 3.60. The zero-order valence-corrected chi connectivity index (χ0v) is 12.2. The third kappa shape index (κ3) is 3.62. The number of hydrogen-bond acceptors (Lipinski definition) is 6. The van der Waals surface area contributed by atoms with Crippen molar-refractivity contribution in [3.8, 4) is 17.2 Å². The number of methoxy groups -OCH3 is 3. The van der Waals surface area contributed by atoms with Crippen LogP contribution in [0.15, 0.2) is 41.6 Å². The fourth-order valence-electron chi connectivity index (χ4n) is 1.75. The van der Waals surface area contributed by atoms with Gasteiger partial charge in [0.25, 0.3) is 0 Å². The first-order chi connectivity index (χ1) is 10.3. The lowest BCUT2D eigenvalue weighted by atomic mass is 10.2. The molecule has 0 aliphatic heterocycles. The molecule has 2 aromatic rings. The molecule has 0 unspecified atom stereocenters. The maximum Gasteiger partial charge on any atom is 0.164 e. The SMILES string of the molecule is COc1cc(OC)c(OC)cc1/C=N/Nc1ccccn1. The minimum absolute atomic E-state index is 0.601. The third-order valence-electron chi connectivity index (χ3n) is 2.78. The number of anilines is 1. The van der Waals surface area contributed by atoms with Crippen LogP contribution in [-0.4, -0.2) is 32.5 Å². The average Bonchev–Trinajstić information content (AvgIpc) is 2.55. The molecule has 2 rings (SSSR count). The topological polar surface area (TPSA) is 65.0 Å². The van der Waals surface area contributed by atoms with Gasteiger partial charge in [-0.3, -0.25) is 5.43 Å². The molecule has 0 fully saturated rings. The molecule has 6 nitrogen and oxygen atoms in total. The Morgan fingerprint density at radius 1 is 1.00 bits per heavy atom. The number of pyridine rings is 1. The minimum Gasteiger partial charge on any atom is -0.496 e. The van der Waals surface area contributed by atoms with Gasteiger partial charge in [-0.05, 0) is 18.2 Å². The highest BCUT2D eigenvalue weighted by molar-refractivity contribution is 5.85. The third-order valence-corrected chi connectivity index (χ3v) is 2.78. The zero-order chi connectivity index (χ0) is 15.1. The van der Waals surface area contributed by atoms with Gasteiger partial charge in [-0.15, -0.1) is 0 Å². The molecule has 1 heterocycles. The molecule has 0 radical (unpaired) electrons. The smallest absolute Gasteiger partial charge is 0.164 e. The maximum absolute atomic E-state index is 5.32. The number of aromatic nitrogens is 1. The fraction of sp³-hybridized carbons (Fsp3) is 0.200. The van der Waals surface area contributed by atoms with E-state index in [0.29, 0.717) is 23.1 Å². The second-order valence-electron chi connectivity index (χ2n) is 4.03. The van der Waals surface area contributed by atoms with Crippen molar-refractivity contribution in [2.75, 3.05) is 26.8 Å². The van der Waals surface area contributed by atoms with Gasteiger partial charge in [0.2, 0.25) is 0 Å². The number of nitrogens with zero attached hydrogens (tertiary/aromatic N) is 2. The molecule has 1 aromatic carbocycles. The molecule has 0 spiro atoms. The Kier molecular flexibility index (Phi) is 4.98. The van der Waals surface area contributed by atoms with Crippen LogP contribution < -0.4 is 19.6 Å². The fourth-order valence-corrected chi connectivity index (χ4v) is 1.75. The minimum atomic E-state index is 0.601. The van der Waals surface area contributed by atoms with E-state index in [9.17, 15) is 0 Å². The van der Waals surface area contributed by atoms with Crippen LogP contribution in [0.4, 0.5) is 5.82 Å². The van der Waals surface area contributed by atoms with E-state index in [2.05, 4.69) is 15.5 Å². The molecule has 1 N–H and O–H groups in total. The molecular weight excluding hydrogens is 270 g/mol. The molecule has 21 heavy (non-hydrogen) atoms. The number of ether oxygens (including phenoxy) is 3. The Labute approximate surface area is 123 Å². The molecule has 0 aliphatic carbocycles. The van der Waals surface area contributed by atoms with Crippen LogP contribution in [0.2, 0.25) is 0 Å². The average molecular weight is 287 g/mol. The monoisotopic (exact) mass is 287 g/mol. The molecule has 0 amide bonds. The van der Waals surface area contributed by atoms with Crippen LogP contribution in [-0.2, 0) is 0 Å². The standard InChI is InChI=1S/C15H17N3O3/c1-19-12-9-14(21-3)13(20-2)8-11(12)10-17-18-15-6-4-5-7-16-15/h4-10H,1-3H3,(H,16,18)/b17-10+. The van der Waals surface area contributed by atoms with Crippen LogP contribution in [0.1, 0.15) is 5.56 Å². The van der Waals surface area contributed by atoms with Crippen LogP contribution in [0.25, 0.3) is 0 Å². The summed E-state index contributed by atoms with van der Waals surface area (Å²) in [6, 6.07) is 9.08. The number of benzene rings is 1. The van der Waals surface area contributed by atoms with Crippen LogP contribution in [0.5, 0.6) is 17.2 Å². The number of hydrogen-bond donors (Lipinski definition) is 1. The molecule has 1 aromatic heterocycles. The van der Waals surface area contributed by atoms with Crippen molar-refractivity contribution in [1.82, 2.24) is 4.98 Å². The van der Waals surface area contributed by atoms with E-state index in [1.807, 2.05) is 18.2 Å². The summed E-state index contributed by atoms with van der Waals surface area (Å²) in [4.78, 5) is 4.11. The molecule has 110 valence electrons. The van der Waals surface area contributed by atoms with E-state index >= 15 is 0 Å². The number of rotatable bonds is 6. The quantitative estimate of drug-likeness (QED) is 0.653. The zero-order valence-electron chi connectivity index (χ0n) is 12.2. The van der Waals surface area contributed by atoms with Gasteiger partial charge in [0, 0.05) is 17.8 Å². The first-order valence-electron chi connectivity index (χ1n) is 6.28. The second kappa shape index (κ2) is 7.14. The number of nitrogens with one attached hydrogen (secondary N) is 1. The highest BCUT2D eigenvalue weighted by atomic mass is 16.5. The van der Waals surface area contributed by atoms with E-state index in [0.717, 1.165) is 5.56 Å². The van der Waals surface area contributed by atoms with Gasteiger partial charge in [0.05, 0.1) is 27.5 Å². The van der Waals surface area contributed by atoms with Gasteiger partial charge in [0.15, 0.2) is 11.5 Å². The summed E-state index contributed by atoms with van der Waals surface area (Å²) in [5, 5.41) is 4.14. The second-order valence-corrected chi connectivity index (χ2v) is 4.03.